The number of likely N-dealkylation sites (N-methyl/N-ethyl adjacent to an activating group) is 1. The largest absolute Gasteiger partial charge is 0.383 e. The molecule has 1 aliphatic rings. The number of methoxy groups -OCH3 is 1. The summed E-state index contributed by atoms with van der Waals surface area (Å²) in [5, 5.41) is 0. The van der Waals surface area contributed by atoms with Gasteiger partial charge < -0.3 is 10.5 Å². The highest BCUT2D eigenvalue weighted by atomic mass is 16.5. The molecule has 1 rings (SSSR count). The maximum atomic E-state index is 6.01. The van der Waals surface area contributed by atoms with Gasteiger partial charge in [0.05, 0.1) is 6.61 Å². The van der Waals surface area contributed by atoms with E-state index in [9.17, 15) is 0 Å². The molecular formula is C14H30N2O. The minimum atomic E-state index is 0.554. The van der Waals surface area contributed by atoms with Crippen molar-refractivity contribution in [2.75, 3.05) is 33.4 Å². The highest BCUT2D eigenvalue weighted by molar-refractivity contribution is 4.84. The molecule has 0 aromatic heterocycles. The van der Waals surface area contributed by atoms with E-state index in [1.54, 1.807) is 7.11 Å². The Labute approximate surface area is 107 Å². The molecule has 1 saturated carbocycles. The molecule has 1 aliphatic carbocycles. The third-order valence-corrected chi connectivity index (χ3v) is 4.22. The van der Waals surface area contributed by atoms with Crippen LogP contribution >= 0.6 is 0 Å². The molecule has 0 bridgehead atoms. The molecule has 0 saturated heterocycles. The molecule has 3 atom stereocenters. The zero-order chi connectivity index (χ0) is 12.7. The Bertz CT molecular complexity index is 199. The first-order valence-corrected chi connectivity index (χ1v) is 7.15. The second kappa shape index (κ2) is 8.06. The Morgan fingerprint density at radius 3 is 2.71 bits per heavy atom. The van der Waals surface area contributed by atoms with Crippen LogP contribution < -0.4 is 5.73 Å². The lowest BCUT2D eigenvalue weighted by Gasteiger charge is -2.39. The van der Waals surface area contributed by atoms with E-state index in [1.165, 1.54) is 25.7 Å². The normalized spacial score (nSPS) is 27.4. The molecule has 0 aliphatic heterocycles. The molecule has 3 unspecified atom stereocenters. The number of nitrogens with two attached hydrogens (primary N) is 1. The van der Waals surface area contributed by atoms with Crippen molar-refractivity contribution in [2.24, 2.45) is 17.6 Å². The summed E-state index contributed by atoms with van der Waals surface area (Å²) >= 11 is 0. The van der Waals surface area contributed by atoms with Gasteiger partial charge in [-0.05, 0) is 31.2 Å². The van der Waals surface area contributed by atoms with Gasteiger partial charge in [0.15, 0.2) is 0 Å². The van der Waals surface area contributed by atoms with Gasteiger partial charge in [-0.1, -0.05) is 26.7 Å². The number of rotatable bonds is 7. The predicted molar refractivity (Wildman–Crippen MR) is 73.1 cm³/mol. The van der Waals surface area contributed by atoms with Crippen LogP contribution in [0.25, 0.3) is 0 Å². The van der Waals surface area contributed by atoms with Crippen LogP contribution in [-0.4, -0.2) is 44.3 Å². The summed E-state index contributed by atoms with van der Waals surface area (Å²) in [5.41, 5.74) is 6.01. The Morgan fingerprint density at radius 1 is 1.41 bits per heavy atom. The van der Waals surface area contributed by atoms with Crippen LogP contribution in [0.1, 0.15) is 39.5 Å². The van der Waals surface area contributed by atoms with E-state index >= 15 is 0 Å². The van der Waals surface area contributed by atoms with Crippen molar-refractivity contribution in [1.82, 2.24) is 4.90 Å². The van der Waals surface area contributed by atoms with Gasteiger partial charge in [-0.15, -0.1) is 0 Å². The SMILES string of the molecule is CCN(CCOC)C(CN)C1CCCC(C)C1. The predicted octanol–water partition coefficient (Wildman–Crippen LogP) is 2.11. The van der Waals surface area contributed by atoms with Crippen molar-refractivity contribution in [3.8, 4) is 0 Å². The van der Waals surface area contributed by atoms with E-state index in [4.69, 9.17) is 10.5 Å². The first-order valence-electron chi connectivity index (χ1n) is 7.15. The second-order valence-corrected chi connectivity index (χ2v) is 5.46. The number of ether oxygens (including phenoxy) is 1. The monoisotopic (exact) mass is 242 g/mol. The molecule has 0 heterocycles. The average Bonchev–Trinajstić information content (AvgIpc) is 2.34. The topological polar surface area (TPSA) is 38.5 Å². The number of hydrogen-bond donors (Lipinski definition) is 1. The Kier molecular flexibility index (Phi) is 7.09. The summed E-state index contributed by atoms with van der Waals surface area (Å²) in [4.78, 5) is 2.51. The molecule has 2 N–H and O–H groups in total. The standard InChI is InChI=1S/C14H30N2O/c1-4-16(8-9-17-3)14(11-15)13-7-5-6-12(2)10-13/h12-14H,4-11,15H2,1-3H3. The van der Waals surface area contributed by atoms with Crippen molar-refractivity contribution < 1.29 is 4.74 Å². The lowest BCUT2D eigenvalue weighted by atomic mass is 9.78. The summed E-state index contributed by atoms with van der Waals surface area (Å²) in [7, 11) is 1.77. The fourth-order valence-electron chi connectivity index (χ4n) is 3.24. The van der Waals surface area contributed by atoms with Gasteiger partial charge >= 0.3 is 0 Å². The first-order chi connectivity index (χ1) is 8.22. The van der Waals surface area contributed by atoms with Crippen molar-refractivity contribution in [2.45, 2.75) is 45.6 Å². The average molecular weight is 242 g/mol. The zero-order valence-electron chi connectivity index (χ0n) is 11.8. The molecule has 3 heteroatoms. The molecule has 0 spiro atoms. The van der Waals surface area contributed by atoms with Gasteiger partial charge in [0.2, 0.25) is 0 Å². The summed E-state index contributed by atoms with van der Waals surface area (Å²) in [5.74, 6) is 1.67. The Morgan fingerprint density at radius 2 is 2.18 bits per heavy atom. The van der Waals surface area contributed by atoms with Crippen LogP contribution in [0.2, 0.25) is 0 Å². The maximum absolute atomic E-state index is 6.01. The van der Waals surface area contributed by atoms with E-state index in [0.717, 1.165) is 38.1 Å². The van der Waals surface area contributed by atoms with Gasteiger partial charge in [0.1, 0.15) is 0 Å². The number of nitrogens with zero attached hydrogens (tertiary/aromatic N) is 1. The van der Waals surface area contributed by atoms with Gasteiger partial charge in [0, 0.05) is 26.2 Å². The van der Waals surface area contributed by atoms with Crippen LogP contribution in [0.15, 0.2) is 0 Å². The molecular weight excluding hydrogens is 212 g/mol. The van der Waals surface area contributed by atoms with Gasteiger partial charge in [-0.3, -0.25) is 4.90 Å². The summed E-state index contributed by atoms with van der Waals surface area (Å²) in [6, 6.07) is 0.554. The number of hydrogen-bond acceptors (Lipinski definition) is 3. The highest BCUT2D eigenvalue weighted by Crippen LogP contribution is 2.32. The summed E-state index contributed by atoms with van der Waals surface area (Å²) < 4.78 is 5.19. The van der Waals surface area contributed by atoms with Crippen molar-refractivity contribution in [3.05, 3.63) is 0 Å². The van der Waals surface area contributed by atoms with Crippen molar-refractivity contribution in [3.63, 3.8) is 0 Å². The Hall–Kier alpha value is -0.120. The Balaban J connectivity index is 2.53. The van der Waals surface area contributed by atoms with E-state index in [-0.39, 0.29) is 0 Å². The van der Waals surface area contributed by atoms with Crippen molar-refractivity contribution in [1.29, 1.82) is 0 Å². The summed E-state index contributed by atoms with van der Waals surface area (Å²) in [6.07, 6.45) is 5.49. The van der Waals surface area contributed by atoms with E-state index in [0.29, 0.717) is 6.04 Å². The van der Waals surface area contributed by atoms with Crippen LogP contribution in [0.5, 0.6) is 0 Å². The smallest absolute Gasteiger partial charge is 0.0589 e. The lowest BCUT2D eigenvalue weighted by Crippen LogP contribution is -2.48. The zero-order valence-corrected chi connectivity index (χ0v) is 11.8. The maximum Gasteiger partial charge on any atom is 0.0589 e. The van der Waals surface area contributed by atoms with E-state index < -0.39 is 0 Å². The molecule has 17 heavy (non-hydrogen) atoms. The molecule has 0 amide bonds. The molecule has 1 fully saturated rings. The fraction of sp³-hybridized carbons (Fsp3) is 1.00. The quantitative estimate of drug-likeness (QED) is 0.743. The van der Waals surface area contributed by atoms with Crippen LogP contribution in [-0.2, 0) is 4.74 Å². The first kappa shape index (κ1) is 14.9. The van der Waals surface area contributed by atoms with Crippen LogP contribution in [0.4, 0.5) is 0 Å². The second-order valence-electron chi connectivity index (χ2n) is 5.46. The van der Waals surface area contributed by atoms with Gasteiger partial charge in [0.25, 0.3) is 0 Å². The van der Waals surface area contributed by atoms with Gasteiger partial charge in [-0.2, -0.15) is 0 Å². The van der Waals surface area contributed by atoms with Crippen LogP contribution in [0.3, 0.4) is 0 Å². The van der Waals surface area contributed by atoms with Gasteiger partial charge in [-0.25, -0.2) is 0 Å². The third kappa shape index (κ3) is 4.57. The highest BCUT2D eigenvalue weighted by Gasteiger charge is 2.29. The van der Waals surface area contributed by atoms with E-state index in [1.807, 2.05) is 0 Å². The molecule has 3 nitrogen and oxygen atoms in total. The fourth-order valence-corrected chi connectivity index (χ4v) is 3.24. The molecule has 102 valence electrons. The van der Waals surface area contributed by atoms with E-state index in [2.05, 4.69) is 18.7 Å². The van der Waals surface area contributed by atoms with Crippen molar-refractivity contribution >= 4 is 0 Å². The minimum absolute atomic E-state index is 0.554. The van der Waals surface area contributed by atoms with Crippen LogP contribution in [0, 0.1) is 11.8 Å². The minimum Gasteiger partial charge on any atom is -0.383 e. The summed E-state index contributed by atoms with van der Waals surface area (Å²) in [6.45, 7) is 8.30. The molecule has 0 radical (unpaired) electrons. The lowest BCUT2D eigenvalue weighted by molar-refractivity contribution is 0.0802. The molecule has 0 aromatic carbocycles. The third-order valence-electron chi connectivity index (χ3n) is 4.22. The molecule has 0 aromatic rings.